The molecule has 0 aliphatic heterocycles. The van der Waals surface area contributed by atoms with Gasteiger partial charge in [0, 0.05) is 6.42 Å². The third kappa shape index (κ3) is 2.96. The monoisotopic (exact) mass is 261 g/mol. The van der Waals surface area contributed by atoms with Gasteiger partial charge in [0.2, 0.25) is 0 Å². The molecule has 0 saturated heterocycles. The van der Waals surface area contributed by atoms with Crippen LogP contribution in [-0.2, 0) is 14.3 Å². The van der Waals surface area contributed by atoms with Gasteiger partial charge in [0.05, 0.1) is 18.7 Å². The predicted molar refractivity (Wildman–Crippen MR) is 68.5 cm³/mol. The minimum absolute atomic E-state index is 0.149. The number of fused-ring (bicyclic) bond motifs is 1. The molecule has 1 unspecified atom stereocenters. The number of esters is 1. The molecule has 0 aliphatic carbocycles. The molecule has 0 saturated carbocycles. The van der Waals surface area contributed by atoms with Crippen LogP contribution in [0.1, 0.15) is 25.8 Å². The molecule has 2 rings (SSSR count). The lowest BCUT2D eigenvalue weighted by molar-refractivity contribution is -0.143. The van der Waals surface area contributed by atoms with Crippen molar-refractivity contribution in [3.8, 4) is 0 Å². The zero-order chi connectivity index (χ0) is 13.8. The number of para-hydroxylation sites is 1. The Morgan fingerprint density at radius 3 is 2.84 bits per heavy atom. The minimum atomic E-state index is -0.513. The number of ether oxygens (including phenoxy) is 1. The molecule has 1 aromatic heterocycles. The number of methoxy groups -OCH3 is 1. The van der Waals surface area contributed by atoms with Crippen molar-refractivity contribution in [2.24, 2.45) is 0 Å². The highest BCUT2D eigenvalue weighted by Gasteiger charge is 2.17. The van der Waals surface area contributed by atoms with E-state index in [1.54, 1.807) is 4.68 Å². The normalized spacial score (nSPS) is 12.3. The Labute approximate surface area is 110 Å². The maximum atomic E-state index is 11.7. The van der Waals surface area contributed by atoms with Gasteiger partial charge >= 0.3 is 5.97 Å². The molecule has 1 aromatic carbocycles. The van der Waals surface area contributed by atoms with Crippen LogP contribution in [0.25, 0.3) is 11.0 Å². The van der Waals surface area contributed by atoms with Crippen LogP contribution < -0.4 is 0 Å². The molecule has 1 atom stereocenters. The third-order valence-electron chi connectivity index (χ3n) is 2.89. The molecule has 0 N–H and O–H groups in total. The van der Waals surface area contributed by atoms with Crippen molar-refractivity contribution in [2.45, 2.75) is 25.8 Å². The van der Waals surface area contributed by atoms with Gasteiger partial charge in [-0.2, -0.15) is 0 Å². The zero-order valence-corrected chi connectivity index (χ0v) is 10.9. The van der Waals surface area contributed by atoms with Gasteiger partial charge in [0.15, 0.2) is 0 Å². The van der Waals surface area contributed by atoms with Gasteiger partial charge in [-0.3, -0.25) is 9.59 Å². The van der Waals surface area contributed by atoms with Crippen molar-refractivity contribution in [2.75, 3.05) is 7.11 Å². The fraction of sp³-hybridized carbons (Fsp3) is 0.385. The van der Waals surface area contributed by atoms with Crippen LogP contribution in [0.2, 0.25) is 0 Å². The first-order valence-electron chi connectivity index (χ1n) is 6.00. The molecular weight excluding hydrogens is 246 g/mol. The number of carbonyl (C=O) groups is 2. The van der Waals surface area contributed by atoms with E-state index < -0.39 is 5.97 Å². The largest absolute Gasteiger partial charge is 0.469 e. The standard InChI is InChI=1S/C13H15N3O3/c1-9(7-10(17)8-13(18)19-2)16-12-6-4-3-5-11(12)14-15-16/h3-6,9H,7-8H2,1-2H3. The molecule has 0 radical (unpaired) electrons. The number of aromatic nitrogens is 3. The summed E-state index contributed by atoms with van der Waals surface area (Å²) in [5.41, 5.74) is 1.66. The van der Waals surface area contributed by atoms with Gasteiger partial charge in [0.25, 0.3) is 0 Å². The topological polar surface area (TPSA) is 74.1 Å². The second kappa shape index (κ2) is 5.60. The zero-order valence-electron chi connectivity index (χ0n) is 10.9. The number of carbonyl (C=O) groups excluding carboxylic acids is 2. The van der Waals surface area contributed by atoms with E-state index in [4.69, 9.17) is 0 Å². The van der Waals surface area contributed by atoms with E-state index in [2.05, 4.69) is 15.0 Å². The Bertz CT molecular complexity index is 606. The molecule has 6 nitrogen and oxygen atoms in total. The molecule has 1 heterocycles. The number of nitrogens with zero attached hydrogens (tertiary/aromatic N) is 3. The van der Waals surface area contributed by atoms with Crippen LogP contribution in [0.15, 0.2) is 24.3 Å². The molecule has 6 heteroatoms. The van der Waals surface area contributed by atoms with Crippen LogP contribution >= 0.6 is 0 Å². The van der Waals surface area contributed by atoms with Crippen molar-refractivity contribution < 1.29 is 14.3 Å². The number of benzene rings is 1. The summed E-state index contributed by atoms with van der Waals surface area (Å²) in [6.45, 7) is 1.87. The highest BCUT2D eigenvalue weighted by atomic mass is 16.5. The smallest absolute Gasteiger partial charge is 0.313 e. The fourth-order valence-corrected chi connectivity index (χ4v) is 1.93. The molecular formula is C13H15N3O3. The van der Waals surface area contributed by atoms with Gasteiger partial charge in [-0.1, -0.05) is 17.3 Å². The van der Waals surface area contributed by atoms with Crippen LogP contribution in [0.4, 0.5) is 0 Å². The van der Waals surface area contributed by atoms with E-state index in [0.717, 1.165) is 11.0 Å². The van der Waals surface area contributed by atoms with Crippen molar-refractivity contribution in [3.63, 3.8) is 0 Å². The first-order valence-corrected chi connectivity index (χ1v) is 6.00. The van der Waals surface area contributed by atoms with E-state index in [0.29, 0.717) is 0 Å². The Morgan fingerprint density at radius 1 is 1.37 bits per heavy atom. The van der Waals surface area contributed by atoms with Crippen molar-refractivity contribution in [1.82, 2.24) is 15.0 Å². The summed E-state index contributed by atoms with van der Waals surface area (Å²) in [6, 6.07) is 7.39. The van der Waals surface area contributed by atoms with E-state index in [1.165, 1.54) is 7.11 Å². The molecule has 0 spiro atoms. The highest BCUT2D eigenvalue weighted by Crippen LogP contribution is 2.18. The Hall–Kier alpha value is -2.24. The van der Waals surface area contributed by atoms with Crippen LogP contribution in [0.3, 0.4) is 0 Å². The average molecular weight is 261 g/mol. The molecule has 0 bridgehead atoms. The van der Waals surface area contributed by atoms with Gasteiger partial charge < -0.3 is 4.74 Å². The summed E-state index contributed by atoms with van der Waals surface area (Å²) >= 11 is 0. The summed E-state index contributed by atoms with van der Waals surface area (Å²) in [5.74, 6) is -0.681. The number of hydrogen-bond acceptors (Lipinski definition) is 5. The maximum Gasteiger partial charge on any atom is 0.313 e. The summed E-state index contributed by atoms with van der Waals surface area (Å²) in [6.07, 6.45) is 0.0237. The highest BCUT2D eigenvalue weighted by molar-refractivity contribution is 5.95. The number of hydrogen-bond donors (Lipinski definition) is 0. The lowest BCUT2D eigenvalue weighted by Gasteiger charge is -2.11. The molecule has 2 aromatic rings. The van der Waals surface area contributed by atoms with Crippen molar-refractivity contribution in [3.05, 3.63) is 24.3 Å². The van der Waals surface area contributed by atoms with Crippen molar-refractivity contribution in [1.29, 1.82) is 0 Å². The second-order valence-corrected chi connectivity index (χ2v) is 4.37. The Balaban J connectivity index is 2.09. The third-order valence-corrected chi connectivity index (χ3v) is 2.89. The number of Topliss-reactive ketones (excluding diaryl/α,β-unsaturated/α-hetero) is 1. The van der Waals surface area contributed by atoms with E-state index in [-0.39, 0.29) is 24.7 Å². The lowest BCUT2D eigenvalue weighted by Crippen LogP contribution is -2.15. The van der Waals surface area contributed by atoms with Crippen LogP contribution in [0.5, 0.6) is 0 Å². The lowest BCUT2D eigenvalue weighted by atomic mass is 10.1. The van der Waals surface area contributed by atoms with Gasteiger partial charge in [0.1, 0.15) is 17.7 Å². The summed E-state index contributed by atoms with van der Waals surface area (Å²) < 4.78 is 6.17. The fourth-order valence-electron chi connectivity index (χ4n) is 1.93. The predicted octanol–water partition coefficient (Wildman–Crippen LogP) is 1.51. The molecule has 19 heavy (non-hydrogen) atoms. The van der Waals surface area contributed by atoms with Crippen molar-refractivity contribution >= 4 is 22.8 Å². The van der Waals surface area contributed by atoms with Gasteiger partial charge in [-0.05, 0) is 19.1 Å². The quantitative estimate of drug-likeness (QED) is 0.602. The van der Waals surface area contributed by atoms with E-state index >= 15 is 0 Å². The van der Waals surface area contributed by atoms with Gasteiger partial charge in [-0.15, -0.1) is 5.10 Å². The minimum Gasteiger partial charge on any atom is -0.469 e. The maximum absolute atomic E-state index is 11.7. The molecule has 0 aliphatic rings. The SMILES string of the molecule is COC(=O)CC(=O)CC(C)n1nnc2ccccc21. The van der Waals surface area contributed by atoms with Gasteiger partial charge in [-0.25, -0.2) is 4.68 Å². The number of rotatable bonds is 5. The summed E-state index contributed by atoms with van der Waals surface area (Å²) in [7, 11) is 1.27. The van der Waals surface area contributed by atoms with E-state index in [1.807, 2.05) is 31.2 Å². The van der Waals surface area contributed by atoms with E-state index in [9.17, 15) is 9.59 Å². The van der Waals surface area contributed by atoms with Crippen LogP contribution in [-0.4, -0.2) is 33.9 Å². The van der Waals surface area contributed by atoms with Crippen LogP contribution in [0, 0.1) is 0 Å². The first-order chi connectivity index (χ1) is 9.11. The summed E-state index contributed by atoms with van der Waals surface area (Å²) in [5, 5.41) is 8.08. The molecule has 0 amide bonds. The second-order valence-electron chi connectivity index (χ2n) is 4.37. The first kappa shape index (κ1) is 13.2. The number of ketones is 1. The molecule has 100 valence electrons. The summed E-state index contributed by atoms with van der Waals surface area (Å²) in [4.78, 5) is 22.7. The molecule has 0 fully saturated rings. The average Bonchev–Trinajstić information content (AvgIpc) is 2.82. The Kier molecular flexibility index (Phi) is 3.89. The Morgan fingerprint density at radius 2 is 2.11 bits per heavy atom.